The third kappa shape index (κ3) is 39.6. The second-order valence-electron chi connectivity index (χ2n) is 15.5. The van der Waals surface area contributed by atoms with Crippen molar-refractivity contribution in [3.05, 3.63) is 36.5 Å². The third-order valence-electron chi connectivity index (χ3n) is 10.4. The Labute approximate surface area is 319 Å². The molecule has 1 amide bonds. The lowest BCUT2D eigenvalue weighted by molar-refractivity contribution is -0.123. The lowest BCUT2D eigenvalue weighted by atomic mass is 10.0. The molecule has 0 saturated carbocycles. The first-order valence-electron chi connectivity index (χ1n) is 22.7. The molecule has 0 aliphatic carbocycles. The van der Waals surface area contributed by atoms with Gasteiger partial charge in [-0.2, -0.15) is 0 Å². The Balaban J connectivity index is 3.46. The molecule has 0 heterocycles. The topological polar surface area (TPSA) is 69.6 Å². The summed E-state index contributed by atoms with van der Waals surface area (Å²) in [6.45, 7) is 4.33. The molecule has 0 aliphatic rings. The number of allylic oxidation sites excluding steroid dienone is 6. The van der Waals surface area contributed by atoms with Crippen molar-refractivity contribution in [3.63, 3.8) is 0 Å². The number of carbonyl (C=O) groups excluding carboxylic acids is 1. The zero-order valence-corrected chi connectivity index (χ0v) is 34.4. The molecular weight excluding hydrogens is 627 g/mol. The number of aliphatic hydroxyl groups is 2. The van der Waals surface area contributed by atoms with Crippen LogP contribution in [0.1, 0.15) is 239 Å². The molecular formula is C47H89NO3. The largest absolute Gasteiger partial charge is 0.394 e. The Kier molecular flexibility index (Phi) is 41.8. The second kappa shape index (κ2) is 43.0. The van der Waals surface area contributed by atoms with Crippen LogP contribution >= 0.6 is 0 Å². The van der Waals surface area contributed by atoms with Crippen LogP contribution in [0, 0.1) is 0 Å². The van der Waals surface area contributed by atoms with Crippen molar-refractivity contribution in [2.45, 2.75) is 251 Å². The van der Waals surface area contributed by atoms with E-state index in [1.807, 2.05) is 0 Å². The molecule has 0 rings (SSSR count). The van der Waals surface area contributed by atoms with E-state index in [2.05, 4.69) is 55.6 Å². The Morgan fingerprint density at radius 3 is 1.20 bits per heavy atom. The first-order valence-corrected chi connectivity index (χ1v) is 22.7. The average Bonchev–Trinajstić information content (AvgIpc) is 3.13. The number of unbranched alkanes of at least 4 members (excludes halogenated alkanes) is 28. The molecule has 2 unspecified atom stereocenters. The molecule has 0 spiro atoms. The number of hydrogen-bond donors (Lipinski definition) is 3. The molecule has 4 heteroatoms. The van der Waals surface area contributed by atoms with Crippen LogP contribution in [0.5, 0.6) is 0 Å². The maximum Gasteiger partial charge on any atom is 0.220 e. The van der Waals surface area contributed by atoms with Crippen molar-refractivity contribution in [1.82, 2.24) is 5.32 Å². The van der Waals surface area contributed by atoms with Crippen molar-refractivity contribution >= 4 is 5.91 Å². The quantitative estimate of drug-likeness (QED) is 0.0436. The zero-order chi connectivity index (χ0) is 37.1. The molecule has 0 fully saturated rings. The molecule has 0 saturated heterocycles. The van der Waals surface area contributed by atoms with Gasteiger partial charge >= 0.3 is 0 Å². The van der Waals surface area contributed by atoms with Gasteiger partial charge in [-0.3, -0.25) is 4.79 Å². The van der Waals surface area contributed by atoms with Gasteiger partial charge in [0.05, 0.1) is 18.8 Å². The van der Waals surface area contributed by atoms with Crippen LogP contribution < -0.4 is 5.32 Å². The van der Waals surface area contributed by atoms with Crippen LogP contribution in [0.3, 0.4) is 0 Å². The molecule has 3 N–H and O–H groups in total. The van der Waals surface area contributed by atoms with Crippen molar-refractivity contribution < 1.29 is 15.0 Å². The minimum Gasteiger partial charge on any atom is -0.394 e. The van der Waals surface area contributed by atoms with E-state index in [-0.39, 0.29) is 12.5 Å². The van der Waals surface area contributed by atoms with Gasteiger partial charge in [0.1, 0.15) is 0 Å². The summed E-state index contributed by atoms with van der Waals surface area (Å²) >= 11 is 0. The monoisotopic (exact) mass is 716 g/mol. The van der Waals surface area contributed by atoms with Gasteiger partial charge in [-0.05, 0) is 51.4 Å². The van der Waals surface area contributed by atoms with Gasteiger partial charge in [0.25, 0.3) is 0 Å². The second-order valence-corrected chi connectivity index (χ2v) is 15.5. The van der Waals surface area contributed by atoms with Gasteiger partial charge in [0.15, 0.2) is 0 Å². The fourth-order valence-electron chi connectivity index (χ4n) is 6.90. The van der Waals surface area contributed by atoms with E-state index in [9.17, 15) is 15.0 Å². The third-order valence-corrected chi connectivity index (χ3v) is 10.4. The standard InChI is InChI=1S/C47H89NO3/c1-3-5-7-9-11-13-15-16-17-18-19-20-21-22-23-24-25-26-27-28-29-30-31-32-33-35-37-39-41-43-47(51)48-45(44-49)46(50)42-40-38-36-34-14-12-10-8-6-4-2/h15-16,18-19,21-22,45-46,49-50H,3-14,17,20,23-44H2,1-2H3,(H,48,51)/b16-15-,19-18-,22-21-. The molecule has 300 valence electrons. The molecule has 0 aromatic rings. The summed E-state index contributed by atoms with van der Waals surface area (Å²) < 4.78 is 0. The van der Waals surface area contributed by atoms with Crippen LogP contribution in [-0.2, 0) is 4.79 Å². The SMILES string of the molecule is CCCCCCC/C=C\C/C=C\C/C=C\CCCCCCCCCCCCCCCCC(=O)NC(CO)C(O)CCCCCCCCCCCC. The Morgan fingerprint density at radius 1 is 0.471 bits per heavy atom. The Bertz CT molecular complexity index is 775. The number of nitrogens with one attached hydrogen (secondary N) is 1. The highest BCUT2D eigenvalue weighted by Gasteiger charge is 2.20. The fourth-order valence-corrected chi connectivity index (χ4v) is 6.90. The maximum absolute atomic E-state index is 12.4. The summed E-state index contributed by atoms with van der Waals surface area (Å²) in [5.74, 6) is -0.0334. The number of rotatable bonds is 41. The predicted molar refractivity (Wildman–Crippen MR) is 225 cm³/mol. The van der Waals surface area contributed by atoms with Crippen molar-refractivity contribution in [3.8, 4) is 0 Å². The van der Waals surface area contributed by atoms with E-state index in [1.54, 1.807) is 0 Å². The van der Waals surface area contributed by atoms with Gasteiger partial charge in [-0.15, -0.1) is 0 Å². The molecule has 4 nitrogen and oxygen atoms in total. The van der Waals surface area contributed by atoms with Gasteiger partial charge in [-0.1, -0.05) is 217 Å². The van der Waals surface area contributed by atoms with E-state index in [4.69, 9.17) is 0 Å². The highest BCUT2D eigenvalue weighted by molar-refractivity contribution is 5.76. The van der Waals surface area contributed by atoms with E-state index < -0.39 is 12.1 Å². The Morgan fingerprint density at radius 2 is 0.804 bits per heavy atom. The van der Waals surface area contributed by atoms with E-state index in [0.717, 1.165) is 38.5 Å². The smallest absolute Gasteiger partial charge is 0.220 e. The fraction of sp³-hybridized carbons (Fsp3) is 0.851. The van der Waals surface area contributed by atoms with Gasteiger partial charge in [0, 0.05) is 6.42 Å². The number of hydrogen-bond acceptors (Lipinski definition) is 3. The van der Waals surface area contributed by atoms with Crippen LogP contribution in [0.25, 0.3) is 0 Å². The van der Waals surface area contributed by atoms with Crippen LogP contribution in [0.4, 0.5) is 0 Å². The molecule has 0 aromatic heterocycles. The lowest BCUT2D eigenvalue weighted by Crippen LogP contribution is -2.45. The normalized spacial score (nSPS) is 13.3. The minimum absolute atomic E-state index is 0.0334. The number of aliphatic hydroxyl groups excluding tert-OH is 2. The summed E-state index contributed by atoms with van der Waals surface area (Å²) in [5, 5.41) is 23.1. The summed E-state index contributed by atoms with van der Waals surface area (Å²) in [4.78, 5) is 12.4. The molecule has 0 radical (unpaired) electrons. The lowest BCUT2D eigenvalue weighted by Gasteiger charge is -2.22. The predicted octanol–water partition coefficient (Wildman–Crippen LogP) is 14.2. The molecule has 51 heavy (non-hydrogen) atoms. The van der Waals surface area contributed by atoms with E-state index >= 15 is 0 Å². The van der Waals surface area contributed by atoms with Gasteiger partial charge in [0.2, 0.25) is 5.91 Å². The number of amides is 1. The van der Waals surface area contributed by atoms with Crippen LogP contribution in [0.15, 0.2) is 36.5 Å². The summed E-state index contributed by atoms with van der Waals surface area (Å²) in [6.07, 6.45) is 56.6. The van der Waals surface area contributed by atoms with Crippen LogP contribution in [-0.4, -0.2) is 34.9 Å². The van der Waals surface area contributed by atoms with Gasteiger partial charge in [-0.25, -0.2) is 0 Å². The van der Waals surface area contributed by atoms with Crippen LogP contribution in [0.2, 0.25) is 0 Å². The van der Waals surface area contributed by atoms with Crippen molar-refractivity contribution in [1.29, 1.82) is 0 Å². The summed E-state index contributed by atoms with van der Waals surface area (Å²) in [6, 6.07) is -0.534. The molecule has 2 atom stereocenters. The Hall–Kier alpha value is -1.39. The van der Waals surface area contributed by atoms with E-state index in [0.29, 0.717) is 12.8 Å². The molecule has 0 aliphatic heterocycles. The molecule has 0 aromatic carbocycles. The highest BCUT2D eigenvalue weighted by atomic mass is 16.3. The minimum atomic E-state index is -0.657. The maximum atomic E-state index is 12.4. The summed E-state index contributed by atoms with van der Waals surface area (Å²) in [5.41, 5.74) is 0. The zero-order valence-electron chi connectivity index (χ0n) is 34.4. The first kappa shape index (κ1) is 49.6. The number of carbonyl (C=O) groups is 1. The average molecular weight is 716 g/mol. The van der Waals surface area contributed by atoms with Crippen molar-refractivity contribution in [2.24, 2.45) is 0 Å². The van der Waals surface area contributed by atoms with Crippen molar-refractivity contribution in [2.75, 3.05) is 6.61 Å². The van der Waals surface area contributed by atoms with Gasteiger partial charge < -0.3 is 15.5 Å². The molecule has 0 bridgehead atoms. The summed E-state index contributed by atoms with van der Waals surface area (Å²) in [7, 11) is 0. The first-order chi connectivity index (χ1) is 25.2. The van der Waals surface area contributed by atoms with E-state index in [1.165, 1.54) is 173 Å². The highest BCUT2D eigenvalue weighted by Crippen LogP contribution is 2.16.